The molecular weight excluding hydrogens is 238 g/mol. The number of aliphatic hydroxyl groups is 1. The fourth-order valence-electron chi connectivity index (χ4n) is 2.88. The summed E-state index contributed by atoms with van der Waals surface area (Å²) in [6.07, 6.45) is 4.35. The van der Waals surface area contributed by atoms with Crippen LogP contribution in [0.1, 0.15) is 57.4 Å². The van der Waals surface area contributed by atoms with Gasteiger partial charge in [-0.15, -0.1) is 0 Å². The standard InChI is InChI=1S/C16H25NO2/c1-11(2)10-17-14-8-6-5-7-12(14)9-13(15(17)18)16(3,4)19/h9,11,19H,5-8,10H2,1-4H3. The molecule has 0 amide bonds. The number of aromatic nitrogens is 1. The van der Waals surface area contributed by atoms with Gasteiger partial charge in [0.25, 0.3) is 5.56 Å². The van der Waals surface area contributed by atoms with Crippen molar-refractivity contribution in [2.24, 2.45) is 5.92 Å². The van der Waals surface area contributed by atoms with Crippen LogP contribution in [0.25, 0.3) is 0 Å². The van der Waals surface area contributed by atoms with Crippen molar-refractivity contribution in [3.8, 4) is 0 Å². The second-order valence-corrected chi connectivity index (χ2v) is 6.61. The van der Waals surface area contributed by atoms with Gasteiger partial charge in [0.05, 0.1) is 5.60 Å². The second-order valence-electron chi connectivity index (χ2n) is 6.61. The summed E-state index contributed by atoms with van der Waals surface area (Å²) < 4.78 is 1.91. The van der Waals surface area contributed by atoms with Crippen LogP contribution in [0, 0.1) is 5.92 Å². The van der Waals surface area contributed by atoms with E-state index in [0.717, 1.165) is 25.8 Å². The summed E-state index contributed by atoms with van der Waals surface area (Å²) in [6, 6.07) is 1.94. The lowest BCUT2D eigenvalue weighted by molar-refractivity contribution is 0.0761. The van der Waals surface area contributed by atoms with Crippen LogP contribution in [-0.2, 0) is 25.0 Å². The van der Waals surface area contributed by atoms with Crippen molar-refractivity contribution >= 4 is 0 Å². The average molecular weight is 263 g/mol. The van der Waals surface area contributed by atoms with Crippen molar-refractivity contribution in [1.29, 1.82) is 0 Å². The molecule has 0 saturated heterocycles. The number of nitrogens with zero attached hydrogens (tertiary/aromatic N) is 1. The summed E-state index contributed by atoms with van der Waals surface area (Å²) in [4.78, 5) is 12.6. The third-order valence-corrected chi connectivity index (χ3v) is 3.81. The molecule has 0 unspecified atom stereocenters. The number of aryl methyl sites for hydroxylation is 1. The summed E-state index contributed by atoms with van der Waals surface area (Å²) >= 11 is 0. The zero-order chi connectivity index (χ0) is 14.2. The van der Waals surface area contributed by atoms with E-state index in [2.05, 4.69) is 13.8 Å². The first-order chi connectivity index (χ1) is 8.80. The Balaban J connectivity index is 2.64. The van der Waals surface area contributed by atoms with E-state index in [9.17, 15) is 9.90 Å². The molecule has 1 aliphatic carbocycles. The normalized spacial score (nSPS) is 15.7. The van der Waals surface area contributed by atoms with Crippen molar-refractivity contribution in [3.63, 3.8) is 0 Å². The molecule has 0 bridgehead atoms. The number of pyridine rings is 1. The molecule has 1 aromatic rings. The summed E-state index contributed by atoms with van der Waals surface area (Å²) in [5, 5.41) is 10.2. The Morgan fingerprint density at radius 1 is 1.32 bits per heavy atom. The van der Waals surface area contributed by atoms with Crippen LogP contribution in [0.4, 0.5) is 0 Å². The maximum absolute atomic E-state index is 12.6. The largest absolute Gasteiger partial charge is 0.386 e. The van der Waals surface area contributed by atoms with E-state index in [1.165, 1.54) is 17.7 Å². The van der Waals surface area contributed by atoms with Crippen LogP contribution < -0.4 is 5.56 Å². The first-order valence-electron chi connectivity index (χ1n) is 7.29. The molecule has 3 heteroatoms. The highest BCUT2D eigenvalue weighted by atomic mass is 16.3. The topological polar surface area (TPSA) is 42.2 Å². The first kappa shape index (κ1) is 14.3. The summed E-state index contributed by atoms with van der Waals surface area (Å²) in [7, 11) is 0. The minimum atomic E-state index is -1.07. The highest BCUT2D eigenvalue weighted by molar-refractivity contribution is 5.31. The van der Waals surface area contributed by atoms with Gasteiger partial charge in [-0.2, -0.15) is 0 Å². The van der Waals surface area contributed by atoms with Crippen LogP contribution in [0.2, 0.25) is 0 Å². The fourth-order valence-corrected chi connectivity index (χ4v) is 2.88. The molecule has 0 radical (unpaired) electrons. The molecule has 1 heterocycles. The van der Waals surface area contributed by atoms with E-state index in [4.69, 9.17) is 0 Å². The summed E-state index contributed by atoms with van der Waals surface area (Å²) in [5.74, 6) is 0.431. The van der Waals surface area contributed by atoms with Gasteiger partial charge in [-0.3, -0.25) is 4.79 Å². The van der Waals surface area contributed by atoms with Gasteiger partial charge in [0.1, 0.15) is 0 Å². The number of rotatable bonds is 3. The molecule has 0 aliphatic heterocycles. The van der Waals surface area contributed by atoms with Gasteiger partial charge in [-0.1, -0.05) is 13.8 Å². The molecular formula is C16H25NO2. The zero-order valence-electron chi connectivity index (χ0n) is 12.5. The monoisotopic (exact) mass is 263 g/mol. The molecule has 19 heavy (non-hydrogen) atoms. The number of hydrogen-bond acceptors (Lipinski definition) is 2. The molecule has 0 atom stereocenters. The zero-order valence-corrected chi connectivity index (χ0v) is 12.5. The van der Waals surface area contributed by atoms with Crippen molar-refractivity contribution in [2.75, 3.05) is 0 Å². The van der Waals surface area contributed by atoms with E-state index in [-0.39, 0.29) is 5.56 Å². The van der Waals surface area contributed by atoms with Crippen LogP contribution in [0.15, 0.2) is 10.9 Å². The molecule has 0 saturated carbocycles. The minimum absolute atomic E-state index is 0.0122. The second kappa shape index (κ2) is 5.12. The van der Waals surface area contributed by atoms with Crippen LogP contribution in [-0.4, -0.2) is 9.67 Å². The van der Waals surface area contributed by atoms with Gasteiger partial charge in [0, 0.05) is 17.8 Å². The van der Waals surface area contributed by atoms with Crippen molar-refractivity contribution < 1.29 is 5.11 Å². The highest BCUT2D eigenvalue weighted by Crippen LogP contribution is 2.25. The number of hydrogen-bond donors (Lipinski definition) is 1. The lowest BCUT2D eigenvalue weighted by atomic mass is 9.90. The fraction of sp³-hybridized carbons (Fsp3) is 0.688. The maximum Gasteiger partial charge on any atom is 0.256 e. The lowest BCUT2D eigenvalue weighted by Gasteiger charge is -2.26. The molecule has 1 N–H and O–H groups in total. The molecule has 1 aromatic heterocycles. The Morgan fingerprint density at radius 3 is 2.53 bits per heavy atom. The molecule has 0 aromatic carbocycles. The van der Waals surface area contributed by atoms with Crippen molar-refractivity contribution in [3.05, 3.63) is 33.2 Å². The molecule has 0 fully saturated rings. The maximum atomic E-state index is 12.6. The molecule has 1 aliphatic rings. The van der Waals surface area contributed by atoms with Gasteiger partial charge in [-0.05, 0) is 57.1 Å². The van der Waals surface area contributed by atoms with Crippen LogP contribution >= 0.6 is 0 Å². The predicted molar refractivity (Wildman–Crippen MR) is 77.4 cm³/mol. The van der Waals surface area contributed by atoms with Gasteiger partial charge >= 0.3 is 0 Å². The van der Waals surface area contributed by atoms with E-state index in [1.54, 1.807) is 13.8 Å². The highest BCUT2D eigenvalue weighted by Gasteiger charge is 2.25. The molecule has 0 spiro atoms. The Morgan fingerprint density at radius 2 is 1.95 bits per heavy atom. The van der Waals surface area contributed by atoms with Gasteiger partial charge in [0.15, 0.2) is 0 Å². The molecule has 106 valence electrons. The third-order valence-electron chi connectivity index (χ3n) is 3.81. The average Bonchev–Trinajstić information content (AvgIpc) is 2.30. The summed E-state index contributed by atoms with van der Waals surface area (Å²) in [6.45, 7) is 8.37. The van der Waals surface area contributed by atoms with Gasteiger partial charge in [-0.25, -0.2) is 0 Å². The quantitative estimate of drug-likeness (QED) is 0.911. The van der Waals surface area contributed by atoms with E-state index in [1.807, 2.05) is 10.6 Å². The van der Waals surface area contributed by atoms with Crippen molar-refractivity contribution in [1.82, 2.24) is 4.57 Å². The SMILES string of the molecule is CC(C)Cn1c2c(cc(C(C)(C)O)c1=O)CCCC2. The van der Waals surface area contributed by atoms with Crippen molar-refractivity contribution in [2.45, 2.75) is 65.5 Å². The van der Waals surface area contributed by atoms with E-state index < -0.39 is 5.60 Å². The third kappa shape index (κ3) is 2.92. The Labute approximate surface area is 115 Å². The van der Waals surface area contributed by atoms with Gasteiger partial charge < -0.3 is 9.67 Å². The summed E-state index contributed by atoms with van der Waals surface area (Å²) in [5.41, 5.74) is 1.90. The van der Waals surface area contributed by atoms with Gasteiger partial charge in [0.2, 0.25) is 0 Å². The Kier molecular flexibility index (Phi) is 3.86. The Bertz CT molecular complexity index is 521. The molecule has 3 nitrogen and oxygen atoms in total. The molecule has 2 rings (SSSR count). The minimum Gasteiger partial charge on any atom is -0.386 e. The smallest absolute Gasteiger partial charge is 0.256 e. The predicted octanol–water partition coefficient (Wildman–Crippen LogP) is 2.61. The first-order valence-corrected chi connectivity index (χ1v) is 7.29. The van der Waals surface area contributed by atoms with Crippen LogP contribution in [0.3, 0.4) is 0 Å². The van der Waals surface area contributed by atoms with E-state index >= 15 is 0 Å². The van der Waals surface area contributed by atoms with E-state index in [0.29, 0.717) is 11.5 Å². The number of fused-ring (bicyclic) bond motifs is 1. The van der Waals surface area contributed by atoms with Crippen LogP contribution in [0.5, 0.6) is 0 Å². The Hall–Kier alpha value is -1.09. The lowest BCUT2D eigenvalue weighted by Crippen LogP contribution is -2.36.